The minimum absolute atomic E-state index is 0.189. The van der Waals surface area contributed by atoms with Gasteiger partial charge in [-0.25, -0.2) is 0 Å². The second-order valence-electron chi connectivity index (χ2n) is 5.43. The van der Waals surface area contributed by atoms with E-state index >= 15 is 0 Å². The molecule has 0 aliphatic heterocycles. The highest BCUT2D eigenvalue weighted by Gasteiger charge is 2.06. The van der Waals surface area contributed by atoms with Gasteiger partial charge in [-0.2, -0.15) is 0 Å². The summed E-state index contributed by atoms with van der Waals surface area (Å²) in [4.78, 5) is 0. The Morgan fingerprint density at radius 2 is 1.24 bits per heavy atom. The normalized spacial score (nSPS) is 11.5. The van der Waals surface area contributed by atoms with Crippen LogP contribution in [-0.2, 0) is 6.42 Å². The summed E-state index contributed by atoms with van der Waals surface area (Å²) in [6.07, 6.45) is 0.705. The molecular weight excluding hydrogens is 256 g/mol. The van der Waals surface area contributed by atoms with Gasteiger partial charge >= 0.3 is 0 Å². The zero-order chi connectivity index (χ0) is 14.2. The second kappa shape index (κ2) is 4.87. The zero-order valence-corrected chi connectivity index (χ0v) is 11.7. The van der Waals surface area contributed by atoms with E-state index in [0.29, 0.717) is 6.42 Å². The van der Waals surface area contributed by atoms with Gasteiger partial charge in [-0.15, -0.1) is 0 Å². The molecule has 102 valence electrons. The van der Waals surface area contributed by atoms with Crippen molar-refractivity contribution in [3.05, 3.63) is 72.3 Å². The minimum Gasteiger partial charge on any atom is -0.396 e. The predicted molar refractivity (Wildman–Crippen MR) is 89.7 cm³/mol. The van der Waals surface area contributed by atoms with Crippen molar-refractivity contribution in [2.24, 2.45) is 0 Å². The van der Waals surface area contributed by atoms with Crippen LogP contribution in [0.2, 0.25) is 0 Å². The molecule has 0 aromatic heterocycles. The van der Waals surface area contributed by atoms with E-state index in [2.05, 4.69) is 66.7 Å². The van der Waals surface area contributed by atoms with Crippen molar-refractivity contribution in [3.63, 3.8) is 0 Å². The van der Waals surface area contributed by atoms with Gasteiger partial charge < -0.3 is 5.11 Å². The Morgan fingerprint density at radius 1 is 0.571 bits per heavy atom. The van der Waals surface area contributed by atoms with E-state index in [-0.39, 0.29) is 6.61 Å². The molecule has 0 unspecified atom stereocenters. The summed E-state index contributed by atoms with van der Waals surface area (Å²) in [6.45, 7) is 0.189. The molecule has 1 nitrogen and oxygen atoms in total. The second-order valence-corrected chi connectivity index (χ2v) is 5.43. The highest BCUT2D eigenvalue weighted by atomic mass is 16.2. The molecule has 21 heavy (non-hydrogen) atoms. The van der Waals surface area contributed by atoms with Crippen molar-refractivity contribution >= 4 is 32.3 Å². The third kappa shape index (κ3) is 1.90. The molecule has 0 bridgehead atoms. The molecule has 0 aliphatic carbocycles. The minimum atomic E-state index is 0.189. The summed E-state index contributed by atoms with van der Waals surface area (Å²) in [5.74, 6) is 0. The Kier molecular flexibility index (Phi) is 2.87. The van der Waals surface area contributed by atoms with Crippen molar-refractivity contribution in [2.45, 2.75) is 6.42 Å². The van der Waals surface area contributed by atoms with E-state index in [0.717, 1.165) is 0 Å². The van der Waals surface area contributed by atoms with Crippen LogP contribution in [0.1, 0.15) is 5.56 Å². The maximum Gasteiger partial charge on any atom is 0.0471 e. The Morgan fingerprint density at radius 3 is 2.14 bits per heavy atom. The summed E-state index contributed by atoms with van der Waals surface area (Å²) in [5.41, 5.74) is 1.21. The van der Waals surface area contributed by atoms with E-state index < -0.39 is 0 Å². The number of rotatable bonds is 2. The molecular formula is C20H16O. The first-order valence-corrected chi connectivity index (χ1v) is 7.31. The lowest BCUT2D eigenvalue weighted by molar-refractivity contribution is 0.300. The van der Waals surface area contributed by atoms with Crippen molar-refractivity contribution in [1.29, 1.82) is 0 Å². The molecule has 0 radical (unpaired) electrons. The SMILES string of the molecule is OCCc1cccc2c1ccc1c3ccccc3ccc21. The van der Waals surface area contributed by atoms with Gasteiger partial charge in [0.25, 0.3) is 0 Å². The lowest BCUT2D eigenvalue weighted by Gasteiger charge is -2.10. The van der Waals surface area contributed by atoms with Gasteiger partial charge in [0.05, 0.1) is 0 Å². The van der Waals surface area contributed by atoms with Crippen molar-refractivity contribution in [1.82, 2.24) is 0 Å². The number of hydrogen-bond donors (Lipinski definition) is 1. The van der Waals surface area contributed by atoms with E-state index in [1.807, 2.05) is 0 Å². The smallest absolute Gasteiger partial charge is 0.0471 e. The molecule has 4 aromatic rings. The number of aliphatic hydroxyl groups excluding tert-OH is 1. The van der Waals surface area contributed by atoms with Crippen molar-refractivity contribution in [3.8, 4) is 0 Å². The largest absolute Gasteiger partial charge is 0.396 e. The fourth-order valence-corrected chi connectivity index (χ4v) is 3.26. The lowest BCUT2D eigenvalue weighted by Crippen LogP contribution is -1.92. The van der Waals surface area contributed by atoms with Gasteiger partial charge in [0.1, 0.15) is 0 Å². The number of aliphatic hydroxyl groups is 1. The molecule has 4 aromatic carbocycles. The number of fused-ring (bicyclic) bond motifs is 5. The van der Waals surface area contributed by atoms with Gasteiger partial charge in [0, 0.05) is 6.61 Å². The molecule has 0 amide bonds. The van der Waals surface area contributed by atoms with Crippen LogP contribution in [0.4, 0.5) is 0 Å². The van der Waals surface area contributed by atoms with E-state index in [4.69, 9.17) is 0 Å². The van der Waals surface area contributed by atoms with Crippen LogP contribution in [0.5, 0.6) is 0 Å². The average Bonchev–Trinajstić information content (AvgIpc) is 2.55. The zero-order valence-electron chi connectivity index (χ0n) is 11.7. The molecule has 0 fully saturated rings. The van der Waals surface area contributed by atoms with Crippen LogP contribution in [0, 0.1) is 0 Å². The quantitative estimate of drug-likeness (QED) is 0.525. The molecule has 0 spiro atoms. The maximum absolute atomic E-state index is 9.23. The summed E-state index contributed by atoms with van der Waals surface area (Å²) in [7, 11) is 0. The first kappa shape index (κ1) is 12.4. The molecule has 1 heteroatoms. The van der Waals surface area contributed by atoms with Gasteiger partial charge in [-0.3, -0.25) is 0 Å². The van der Waals surface area contributed by atoms with Crippen LogP contribution in [-0.4, -0.2) is 11.7 Å². The predicted octanol–water partition coefficient (Wildman–Crippen LogP) is 4.68. The van der Waals surface area contributed by atoms with Crippen molar-refractivity contribution < 1.29 is 5.11 Å². The molecule has 0 saturated carbocycles. The van der Waals surface area contributed by atoms with Crippen LogP contribution in [0.25, 0.3) is 32.3 Å². The van der Waals surface area contributed by atoms with Gasteiger partial charge in [-0.05, 0) is 44.3 Å². The summed E-state index contributed by atoms with van der Waals surface area (Å²) in [6, 6.07) is 23.7. The lowest BCUT2D eigenvalue weighted by atomic mass is 9.94. The Balaban J connectivity index is 2.15. The van der Waals surface area contributed by atoms with E-state index in [1.54, 1.807) is 0 Å². The molecule has 0 heterocycles. The van der Waals surface area contributed by atoms with Crippen LogP contribution >= 0.6 is 0 Å². The monoisotopic (exact) mass is 272 g/mol. The van der Waals surface area contributed by atoms with Crippen LogP contribution < -0.4 is 0 Å². The molecule has 4 rings (SSSR count). The highest BCUT2D eigenvalue weighted by Crippen LogP contribution is 2.32. The maximum atomic E-state index is 9.23. The summed E-state index contributed by atoms with van der Waals surface area (Å²) in [5, 5.41) is 16.9. The van der Waals surface area contributed by atoms with E-state index in [1.165, 1.54) is 37.9 Å². The van der Waals surface area contributed by atoms with Crippen LogP contribution in [0.15, 0.2) is 66.7 Å². The van der Waals surface area contributed by atoms with Gasteiger partial charge in [0.2, 0.25) is 0 Å². The highest BCUT2D eigenvalue weighted by molar-refractivity contribution is 6.17. The summed E-state index contributed by atoms with van der Waals surface area (Å²) < 4.78 is 0. The third-order valence-corrected chi connectivity index (χ3v) is 4.26. The average molecular weight is 272 g/mol. The van der Waals surface area contributed by atoms with Gasteiger partial charge in [0.15, 0.2) is 0 Å². The first-order valence-electron chi connectivity index (χ1n) is 7.31. The molecule has 1 N–H and O–H groups in total. The Labute approximate surface area is 123 Å². The van der Waals surface area contributed by atoms with Crippen LogP contribution in [0.3, 0.4) is 0 Å². The number of benzene rings is 4. The Hall–Kier alpha value is -2.38. The number of hydrogen-bond acceptors (Lipinski definition) is 1. The topological polar surface area (TPSA) is 20.2 Å². The summed E-state index contributed by atoms with van der Waals surface area (Å²) >= 11 is 0. The molecule has 0 aliphatic rings. The Bertz CT molecular complexity index is 954. The first-order chi connectivity index (χ1) is 10.4. The molecule has 0 saturated heterocycles. The third-order valence-electron chi connectivity index (χ3n) is 4.26. The molecule has 0 atom stereocenters. The standard InChI is InChI=1S/C20H16O/c21-13-12-15-5-3-7-18-17(15)10-11-19-16-6-2-1-4-14(16)8-9-20(18)19/h1-11,21H,12-13H2. The fraction of sp³-hybridized carbons (Fsp3) is 0.100. The van der Waals surface area contributed by atoms with E-state index in [9.17, 15) is 5.11 Å². The van der Waals surface area contributed by atoms with Crippen molar-refractivity contribution in [2.75, 3.05) is 6.61 Å². The fourth-order valence-electron chi connectivity index (χ4n) is 3.26. The van der Waals surface area contributed by atoms with Gasteiger partial charge in [-0.1, -0.05) is 66.7 Å².